The molecular weight excluding hydrogens is 432 g/mol. The summed E-state index contributed by atoms with van der Waals surface area (Å²) in [7, 11) is 0. The van der Waals surface area contributed by atoms with Crippen LogP contribution in [0.5, 0.6) is 0 Å². The average Bonchev–Trinajstić information content (AvgIpc) is 3.15. The van der Waals surface area contributed by atoms with Gasteiger partial charge in [0.2, 0.25) is 5.91 Å². The molecule has 34 heavy (non-hydrogen) atoms. The first-order valence-electron chi connectivity index (χ1n) is 12.0. The molecule has 1 atom stereocenters. The fourth-order valence-corrected chi connectivity index (χ4v) is 5.21. The summed E-state index contributed by atoms with van der Waals surface area (Å²) in [6.07, 6.45) is 3.40. The number of carboxylic acid groups (broad SMARTS) is 1. The molecule has 0 aliphatic heterocycles. The Kier molecular flexibility index (Phi) is 7.20. The average molecular weight is 465 g/mol. The summed E-state index contributed by atoms with van der Waals surface area (Å²) >= 11 is 0. The van der Waals surface area contributed by atoms with E-state index in [1.165, 1.54) is 0 Å². The topological polar surface area (TPSA) is 105 Å². The minimum absolute atomic E-state index is 0.0283. The molecule has 180 valence electrons. The van der Waals surface area contributed by atoms with Crippen LogP contribution in [-0.2, 0) is 14.3 Å². The lowest BCUT2D eigenvalue weighted by Gasteiger charge is -2.33. The zero-order chi connectivity index (χ0) is 24.1. The van der Waals surface area contributed by atoms with Gasteiger partial charge in [0, 0.05) is 24.9 Å². The Hall–Kier alpha value is -3.35. The zero-order valence-corrected chi connectivity index (χ0v) is 19.5. The fourth-order valence-electron chi connectivity index (χ4n) is 5.21. The highest BCUT2D eigenvalue weighted by atomic mass is 16.5. The molecule has 0 bridgehead atoms. The Bertz CT molecular complexity index is 1010. The number of amides is 2. The molecule has 0 heterocycles. The number of hydrogen-bond donors (Lipinski definition) is 3. The van der Waals surface area contributed by atoms with Gasteiger partial charge in [0.25, 0.3) is 0 Å². The standard InChI is InChI=1S/C27H32N2O5/c1-18(15-24(30)28-17-27(25(31)32)13-7-2-8-14-27)29-26(33)34-16-23-21-11-5-3-9-19(21)20-10-4-6-12-22(20)23/h3-6,9-12,18,23H,2,7-8,13-17H2,1H3,(H,28,30)(H,29,33)(H,31,32)/t18-/m1/s1. The molecule has 0 spiro atoms. The van der Waals surface area contributed by atoms with Crippen LogP contribution >= 0.6 is 0 Å². The maximum Gasteiger partial charge on any atom is 0.407 e. The van der Waals surface area contributed by atoms with Gasteiger partial charge in [-0.05, 0) is 42.0 Å². The van der Waals surface area contributed by atoms with Gasteiger partial charge in [-0.15, -0.1) is 0 Å². The van der Waals surface area contributed by atoms with Gasteiger partial charge in [-0.25, -0.2) is 4.79 Å². The lowest BCUT2D eigenvalue weighted by atomic mass is 9.74. The monoisotopic (exact) mass is 464 g/mol. The molecule has 7 heteroatoms. The van der Waals surface area contributed by atoms with Crippen molar-refractivity contribution in [1.82, 2.24) is 10.6 Å². The van der Waals surface area contributed by atoms with Gasteiger partial charge in [-0.2, -0.15) is 0 Å². The van der Waals surface area contributed by atoms with Crippen molar-refractivity contribution in [3.8, 4) is 11.1 Å². The number of benzene rings is 2. The summed E-state index contributed by atoms with van der Waals surface area (Å²) in [6, 6.07) is 15.8. The van der Waals surface area contributed by atoms with Gasteiger partial charge < -0.3 is 20.5 Å². The van der Waals surface area contributed by atoms with Gasteiger partial charge >= 0.3 is 12.1 Å². The van der Waals surface area contributed by atoms with Crippen molar-refractivity contribution in [2.45, 2.75) is 57.4 Å². The highest BCUT2D eigenvalue weighted by molar-refractivity contribution is 5.81. The summed E-state index contributed by atoms with van der Waals surface area (Å²) in [6.45, 7) is 2.06. The summed E-state index contributed by atoms with van der Waals surface area (Å²) < 4.78 is 5.54. The summed E-state index contributed by atoms with van der Waals surface area (Å²) in [5, 5.41) is 15.1. The van der Waals surface area contributed by atoms with Crippen LogP contribution in [0.1, 0.15) is 62.5 Å². The molecule has 7 nitrogen and oxygen atoms in total. The van der Waals surface area contributed by atoms with E-state index in [1.807, 2.05) is 24.3 Å². The maximum absolute atomic E-state index is 12.4. The third kappa shape index (κ3) is 5.08. The number of nitrogens with one attached hydrogen (secondary N) is 2. The molecule has 2 aliphatic carbocycles. The number of carboxylic acids is 1. The molecule has 2 aliphatic rings. The number of hydrogen-bond acceptors (Lipinski definition) is 4. The van der Waals surface area contributed by atoms with Crippen molar-refractivity contribution in [3.63, 3.8) is 0 Å². The Labute approximate surface area is 199 Å². The van der Waals surface area contributed by atoms with Gasteiger partial charge in [-0.1, -0.05) is 67.8 Å². The van der Waals surface area contributed by atoms with Crippen LogP contribution in [0.4, 0.5) is 4.79 Å². The minimum Gasteiger partial charge on any atom is -0.481 e. The highest BCUT2D eigenvalue weighted by Crippen LogP contribution is 2.44. The third-order valence-electron chi connectivity index (χ3n) is 7.09. The van der Waals surface area contributed by atoms with Crippen molar-refractivity contribution in [3.05, 3.63) is 59.7 Å². The van der Waals surface area contributed by atoms with E-state index in [4.69, 9.17) is 4.74 Å². The first-order chi connectivity index (χ1) is 16.4. The largest absolute Gasteiger partial charge is 0.481 e. The number of carbonyl (C=O) groups is 3. The Balaban J connectivity index is 1.26. The molecule has 4 rings (SSSR count). The second kappa shape index (κ2) is 10.3. The summed E-state index contributed by atoms with van der Waals surface area (Å²) in [5.41, 5.74) is 3.72. The minimum atomic E-state index is -0.878. The number of fused-ring (bicyclic) bond motifs is 3. The molecule has 3 N–H and O–H groups in total. The van der Waals surface area contributed by atoms with Crippen molar-refractivity contribution >= 4 is 18.0 Å². The van der Waals surface area contributed by atoms with E-state index in [9.17, 15) is 19.5 Å². The normalized spacial score (nSPS) is 17.2. The number of aliphatic carboxylic acids is 1. The lowest BCUT2D eigenvalue weighted by Crippen LogP contribution is -2.45. The molecule has 0 unspecified atom stereocenters. The van der Waals surface area contributed by atoms with E-state index in [1.54, 1.807) is 6.92 Å². The van der Waals surface area contributed by atoms with Crippen molar-refractivity contribution in [2.75, 3.05) is 13.2 Å². The molecule has 2 aromatic rings. The van der Waals surface area contributed by atoms with E-state index in [-0.39, 0.29) is 31.4 Å². The SMILES string of the molecule is C[C@H](CC(=O)NCC1(C(=O)O)CCCCC1)NC(=O)OCC1c2ccccc2-c2ccccc21. The second-order valence-corrected chi connectivity index (χ2v) is 9.50. The van der Waals surface area contributed by atoms with Crippen LogP contribution in [0.3, 0.4) is 0 Å². The summed E-state index contributed by atoms with van der Waals surface area (Å²) in [4.78, 5) is 36.6. The van der Waals surface area contributed by atoms with Crippen LogP contribution in [0, 0.1) is 5.41 Å². The lowest BCUT2D eigenvalue weighted by molar-refractivity contribution is -0.151. The van der Waals surface area contributed by atoms with Crippen molar-refractivity contribution in [1.29, 1.82) is 0 Å². The van der Waals surface area contributed by atoms with Crippen LogP contribution < -0.4 is 10.6 Å². The molecule has 2 amide bonds. The van der Waals surface area contributed by atoms with E-state index in [0.717, 1.165) is 41.5 Å². The van der Waals surface area contributed by atoms with Crippen LogP contribution in [-0.4, -0.2) is 42.3 Å². The van der Waals surface area contributed by atoms with Crippen LogP contribution in [0.25, 0.3) is 11.1 Å². The molecule has 0 aromatic heterocycles. The quantitative estimate of drug-likeness (QED) is 0.535. The number of alkyl carbamates (subject to hydrolysis) is 1. The van der Waals surface area contributed by atoms with E-state index in [2.05, 4.69) is 34.9 Å². The van der Waals surface area contributed by atoms with E-state index < -0.39 is 23.5 Å². The predicted molar refractivity (Wildman–Crippen MR) is 128 cm³/mol. The fraction of sp³-hybridized carbons (Fsp3) is 0.444. The molecule has 0 radical (unpaired) electrons. The number of rotatable bonds is 8. The first-order valence-corrected chi connectivity index (χ1v) is 12.0. The van der Waals surface area contributed by atoms with Crippen molar-refractivity contribution < 1.29 is 24.2 Å². The van der Waals surface area contributed by atoms with Crippen LogP contribution in [0.2, 0.25) is 0 Å². The zero-order valence-electron chi connectivity index (χ0n) is 19.5. The van der Waals surface area contributed by atoms with Crippen LogP contribution in [0.15, 0.2) is 48.5 Å². The molecule has 2 aromatic carbocycles. The van der Waals surface area contributed by atoms with Gasteiger partial charge in [0.1, 0.15) is 6.61 Å². The molecule has 0 saturated heterocycles. The first kappa shape index (κ1) is 23.8. The Morgan fingerprint density at radius 2 is 1.59 bits per heavy atom. The van der Waals surface area contributed by atoms with Gasteiger partial charge in [-0.3, -0.25) is 9.59 Å². The Morgan fingerprint density at radius 1 is 1.00 bits per heavy atom. The molecule has 1 fully saturated rings. The summed E-state index contributed by atoms with van der Waals surface area (Å²) in [5.74, 6) is -1.16. The smallest absolute Gasteiger partial charge is 0.407 e. The van der Waals surface area contributed by atoms with Crippen molar-refractivity contribution in [2.24, 2.45) is 5.41 Å². The third-order valence-corrected chi connectivity index (χ3v) is 7.09. The van der Waals surface area contributed by atoms with E-state index in [0.29, 0.717) is 12.8 Å². The van der Waals surface area contributed by atoms with Gasteiger partial charge in [0.05, 0.1) is 5.41 Å². The molecular formula is C27H32N2O5. The molecule has 1 saturated carbocycles. The Morgan fingerprint density at radius 3 is 2.18 bits per heavy atom. The van der Waals surface area contributed by atoms with E-state index >= 15 is 0 Å². The van der Waals surface area contributed by atoms with Gasteiger partial charge in [0.15, 0.2) is 0 Å². The maximum atomic E-state index is 12.4. The number of ether oxygens (including phenoxy) is 1. The predicted octanol–water partition coefficient (Wildman–Crippen LogP) is 4.46. The highest BCUT2D eigenvalue weighted by Gasteiger charge is 2.39. The number of carbonyl (C=O) groups excluding carboxylic acids is 2. The second-order valence-electron chi connectivity index (χ2n) is 9.50.